The molecule has 0 aliphatic heterocycles. The van der Waals surface area contributed by atoms with Crippen molar-refractivity contribution in [2.45, 2.75) is 19.3 Å². The minimum Gasteiger partial charge on any atom is -0.207 e. The van der Waals surface area contributed by atoms with Gasteiger partial charge in [0, 0.05) is 5.41 Å². The Bertz CT molecular complexity index is 860. The molecule has 0 aromatic heterocycles. The first-order valence-electron chi connectivity index (χ1n) is 7.58. The van der Waals surface area contributed by atoms with Crippen molar-refractivity contribution in [2.24, 2.45) is 0 Å². The summed E-state index contributed by atoms with van der Waals surface area (Å²) < 4.78 is 13.7. The molecule has 0 nitrogen and oxygen atoms in total. The van der Waals surface area contributed by atoms with Crippen LogP contribution >= 0.6 is 0 Å². The lowest BCUT2D eigenvalue weighted by Crippen LogP contribution is -2.15. The molecule has 3 aromatic carbocycles. The second-order valence-electron chi connectivity index (χ2n) is 6.44. The molecule has 0 bridgehead atoms. The summed E-state index contributed by atoms with van der Waals surface area (Å²) in [5.41, 5.74) is 6.98. The van der Waals surface area contributed by atoms with Crippen molar-refractivity contribution >= 4 is 0 Å². The van der Waals surface area contributed by atoms with Crippen molar-refractivity contribution in [1.29, 1.82) is 0 Å². The zero-order valence-electron chi connectivity index (χ0n) is 12.7. The van der Waals surface area contributed by atoms with Crippen LogP contribution in [0.2, 0.25) is 0 Å². The maximum Gasteiger partial charge on any atom is 0.123 e. The molecule has 0 radical (unpaired) electrons. The van der Waals surface area contributed by atoms with E-state index < -0.39 is 0 Å². The lowest BCUT2D eigenvalue weighted by atomic mass is 9.81. The molecule has 0 spiro atoms. The van der Waals surface area contributed by atoms with Crippen molar-refractivity contribution in [3.05, 3.63) is 83.7 Å². The smallest absolute Gasteiger partial charge is 0.123 e. The van der Waals surface area contributed by atoms with E-state index in [9.17, 15) is 4.39 Å². The Morgan fingerprint density at radius 2 is 1.32 bits per heavy atom. The van der Waals surface area contributed by atoms with Gasteiger partial charge in [-0.25, -0.2) is 4.39 Å². The third kappa shape index (κ3) is 1.82. The van der Waals surface area contributed by atoms with Crippen LogP contribution in [-0.4, -0.2) is 0 Å². The number of rotatable bonds is 1. The molecule has 22 heavy (non-hydrogen) atoms. The fraction of sp³-hybridized carbons (Fsp3) is 0.143. The zero-order chi connectivity index (χ0) is 15.3. The van der Waals surface area contributed by atoms with Gasteiger partial charge in [-0.1, -0.05) is 62.4 Å². The SMILES string of the molecule is CC1(C)c2cc(F)ccc2-c2ccc(-c3ccccc3)cc21. The van der Waals surface area contributed by atoms with Crippen LogP contribution in [0.1, 0.15) is 25.0 Å². The van der Waals surface area contributed by atoms with Crippen LogP contribution in [0.3, 0.4) is 0 Å². The summed E-state index contributed by atoms with van der Waals surface area (Å²) in [5, 5.41) is 0. The molecular weight excluding hydrogens is 271 g/mol. The van der Waals surface area contributed by atoms with E-state index >= 15 is 0 Å². The van der Waals surface area contributed by atoms with Crippen LogP contribution in [0.15, 0.2) is 66.7 Å². The van der Waals surface area contributed by atoms with Gasteiger partial charge in [0.15, 0.2) is 0 Å². The van der Waals surface area contributed by atoms with Gasteiger partial charge >= 0.3 is 0 Å². The molecule has 4 rings (SSSR count). The van der Waals surface area contributed by atoms with Gasteiger partial charge in [-0.2, -0.15) is 0 Å². The van der Waals surface area contributed by atoms with Crippen LogP contribution in [0.5, 0.6) is 0 Å². The van der Waals surface area contributed by atoms with Gasteiger partial charge in [-0.05, 0) is 51.6 Å². The first-order valence-corrected chi connectivity index (χ1v) is 7.58. The van der Waals surface area contributed by atoms with Gasteiger partial charge in [0.05, 0.1) is 0 Å². The number of halogens is 1. The highest BCUT2D eigenvalue weighted by molar-refractivity contribution is 5.83. The molecule has 1 aliphatic rings. The van der Waals surface area contributed by atoms with Crippen molar-refractivity contribution in [3.63, 3.8) is 0 Å². The van der Waals surface area contributed by atoms with Crippen LogP contribution < -0.4 is 0 Å². The van der Waals surface area contributed by atoms with Crippen LogP contribution in [0.25, 0.3) is 22.3 Å². The molecule has 1 heteroatoms. The average Bonchev–Trinajstić information content (AvgIpc) is 2.76. The van der Waals surface area contributed by atoms with Gasteiger partial charge in [0.2, 0.25) is 0 Å². The van der Waals surface area contributed by atoms with Gasteiger partial charge in [-0.3, -0.25) is 0 Å². The predicted octanol–water partition coefficient (Wildman–Crippen LogP) is 5.80. The highest BCUT2D eigenvalue weighted by Crippen LogP contribution is 2.49. The van der Waals surface area contributed by atoms with Crippen molar-refractivity contribution in [3.8, 4) is 22.3 Å². The van der Waals surface area contributed by atoms with E-state index in [1.54, 1.807) is 12.1 Å². The summed E-state index contributed by atoms with van der Waals surface area (Å²) in [6, 6.07) is 22.1. The Morgan fingerprint density at radius 3 is 2.05 bits per heavy atom. The van der Waals surface area contributed by atoms with Gasteiger partial charge in [0.25, 0.3) is 0 Å². The number of hydrogen-bond acceptors (Lipinski definition) is 0. The Kier molecular flexibility index (Phi) is 2.74. The fourth-order valence-corrected chi connectivity index (χ4v) is 3.52. The summed E-state index contributed by atoms with van der Waals surface area (Å²) >= 11 is 0. The summed E-state index contributed by atoms with van der Waals surface area (Å²) in [7, 11) is 0. The molecule has 0 heterocycles. The Labute approximate surface area is 130 Å². The van der Waals surface area contributed by atoms with Crippen LogP contribution in [0.4, 0.5) is 4.39 Å². The summed E-state index contributed by atoms with van der Waals surface area (Å²) in [6.07, 6.45) is 0. The first-order chi connectivity index (χ1) is 10.6. The minimum absolute atomic E-state index is 0.164. The van der Waals surface area contributed by atoms with E-state index in [-0.39, 0.29) is 11.2 Å². The summed E-state index contributed by atoms with van der Waals surface area (Å²) in [4.78, 5) is 0. The summed E-state index contributed by atoms with van der Waals surface area (Å²) in [6.45, 7) is 4.34. The van der Waals surface area contributed by atoms with Crippen LogP contribution in [0, 0.1) is 5.82 Å². The highest BCUT2D eigenvalue weighted by atomic mass is 19.1. The molecule has 0 N–H and O–H groups in total. The van der Waals surface area contributed by atoms with Crippen molar-refractivity contribution in [1.82, 2.24) is 0 Å². The zero-order valence-corrected chi connectivity index (χ0v) is 12.7. The molecule has 3 aromatic rings. The molecule has 0 saturated heterocycles. The topological polar surface area (TPSA) is 0 Å². The van der Waals surface area contributed by atoms with E-state index in [2.05, 4.69) is 56.3 Å². The second-order valence-corrected chi connectivity index (χ2v) is 6.44. The standard InChI is InChI=1S/C21H17F/c1-21(2)19-12-15(14-6-4-3-5-7-14)8-10-17(19)18-11-9-16(22)13-20(18)21/h3-13H,1-2H3. The molecule has 108 valence electrons. The Hall–Kier alpha value is -2.41. The third-order valence-electron chi connectivity index (χ3n) is 4.75. The molecule has 0 fully saturated rings. The van der Waals surface area contributed by atoms with E-state index in [0.29, 0.717) is 0 Å². The largest absolute Gasteiger partial charge is 0.207 e. The van der Waals surface area contributed by atoms with E-state index in [1.807, 2.05) is 12.1 Å². The van der Waals surface area contributed by atoms with Gasteiger partial charge in [0.1, 0.15) is 5.82 Å². The number of benzene rings is 3. The maximum atomic E-state index is 13.7. The average molecular weight is 288 g/mol. The normalized spacial score (nSPS) is 14.5. The maximum absolute atomic E-state index is 13.7. The predicted molar refractivity (Wildman–Crippen MR) is 89.4 cm³/mol. The number of fused-ring (bicyclic) bond motifs is 3. The summed E-state index contributed by atoms with van der Waals surface area (Å²) in [5.74, 6) is -0.164. The van der Waals surface area contributed by atoms with E-state index in [4.69, 9.17) is 0 Å². The Morgan fingerprint density at radius 1 is 0.682 bits per heavy atom. The molecule has 0 unspecified atom stereocenters. The monoisotopic (exact) mass is 288 g/mol. The second kappa shape index (κ2) is 4.54. The fourth-order valence-electron chi connectivity index (χ4n) is 3.52. The van der Waals surface area contributed by atoms with Gasteiger partial charge < -0.3 is 0 Å². The minimum atomic E-state index is -0.169. The quantitative estimate of drug-likeness (QED) is 0.531. The third-order valence-corrected chi connectivity index (χ3v) is 4.75. The lowest BCUT2D eigenvalue weighted by Gasteiger charge is -2.22. The first kappa shape index (κ1) is 13.3. The molecule has 1 aliphatic carbocycles. The van der Waals surface area contributed by atoms with Crippen molar-refractivity contribution < 1.29 is 4.39 Å². The highest BCUT2D eigenvalue weighted by Gasteiger charge is 2.35. The molecular formula is C21H17F. The molecule has 0 amide bonds. The van der Waals surface area contributed by atoms with E-state index in [1.165, 1.54) is 22.3 Å². The van der Waals surface area contributed by atoms with E-state index in [0.717, 1.165) is 11.1 Å². The molecule has 0 saturated carbocycles. The Balaban J connectivity index is 1.93. The van der Waals surface area contributed by atoms with Gasteiger partial charge in [-0.15, -0.1) is 0 Å². The molecule has 0 atom stereocenters. The number of hydrogen-bond donors (Lipinski definition) is 0. The van der Waals surface area contributed by atoms with Crippen molar-refractivity contribution in [2.75, 3.05) is 0 Å². The van der Waals surface area contributed by atoms with Crippen LogP contribution in [-0.2, 0) is 5.41 Å². The lowest BCUT2D eigenvalue weighted by molar-refractivity contribution is 0.609.